The van der Waals surface area contributed by atoms with Crippen LogP contribution < -0.4 is 0 Å². The van der Waals surface area contributed by atoms with Crippen LogP contribution in [0.5, 0.6) is 0 Å². The molecule has 4 aromatic rings. The summed E-state index contributed by atoms with van der Waals surface area (Å²) in [5.41, 5.74) is 1.95. The van der Waals surface area contributed by atoms with E-state index in [9.17, 15) is 4.39 Å². The zero-order valence-corrected chi connectivity index (χ0v) is 12.4. The normalized spacial score (nSPS) is 11.5. The molecule has 0 aliphatic heterocycles. The number of hydrogen-bond donors (Lipinski definition) is 0. The first-order valence-corrected chi connectivity index (χ1v) is 7.51. The average molecular weight is 299 g/mol. The van der Waals surface area contributed by atoms with Gasteiger partial charge in [-0.05, 0) is 44.8 Å². The fourth-order valence-corrected chi connectivity index (χ4v) is 2.93. The number of hydrogen-bond acceptors (Lipinski definition) is 1. The molecule has 0 N–H and O–H groups in total. The lowest BCUT2D eigenvalue weighted by Gasteiger charge is -2.08. The van der Waals surface area contributed by atoms with E-state index in [1.165, 1.54) is 33.8 Å². The maximum atomic E-state index is 13.3. The molecule has 0 aliphatic carbocycles. The highest BCUT2D eigenvalue weighted by Gasteiger charge is 2.04. The molecule has 0 amide bonds. The highest BCUT2D eigenvalue weighted by molar-refractivity contribution is 6.07. The SMILES string of the molecule is Fc1cc(C=Cc2c3ccccc3cc3ccccc23)ccn1. The van der Waals surface area contributed by atoms with Crippen LogP contribution in [0.1, 0.15) is 11.1 Å². The first-order valence-electron chi connectivity index (χ1n) is 7.51. The molecule has 0 bridgehead atoms. The Labute approximate surface area is 133 Å². The van der Waals surface area contributed by atoms with Crippen molar-refractivity contribution in [3.8, 4) is 0 Å². The third-order valence-electron chi connectivity index (χ3n) is 4.01. The Hall–Kier alpha value is -3.00. The number of fused-ring (bicyclic) bond motifs is 2. The van der Waals surface area contributed by atoms with Crippen molar-refractivity contribution >= 4 is 33.7 Å². The lowest BCUT2D eigenvalue weighted by Crippen LogP contribution is -1.84. The summed E-state index contributed by atoms with van der Waals surface area (Å²) in [6.07, 6.45) is 5.47. The molecule has 4 rings (SSSR count). The number of halogens is 1. The fraction of sp³-hybridized carbons (Fsp3) is 0. The standard InChI is InChI=1S/C21H14FN/c22-21-13-15(11-12-23-21)9-10-20-18-7-3-1-5-16(18)14-17-6-2-4-8-19(17)20/h1-14H. The Bertz CT molecular complexity index is 980. The van der Waals surface area contributed by atoms with Crippen molar-refractivity contribution in [1.82, 2.24) is 4.98 Å². The van der Waals surface area contributed by atoms with Gasteiger partial charge in [0.15, 0.2) is 0 Å². The van der Waals surface area contributed by atoms with Crippen molar-refractivity contribution in [2.75, 3.05) is 0 Å². The van der Waals surface area contributed by atoms with Crippen molar-refractivity contribution in [1.29, 1.82) is 0 Å². The molecule has 1 heterocycles. The average Bonchev–Trinajstić information content (AvgIpc) is 2.58. The molecule has 2 heteroatoms. The first kappa shape index (κ1) is 13.6. The van der Waals surface area contributed by atoms with Gasteiger partial charge in [0.1, 0.15) is 0 Å². The molecule has 1 aromatic heterocycles. The van der Waals surface area contributed by atoms with Crippen LogP contribution in [0.2, 0.25) is 0 Å². The predicted molar refractivity (Wildman–Crippen MR) is 94.6 cm³/mol. The smallest absolute Gasteiger partial charge is 0.213 e. The molecule has 3 aromatic carbocycles. The molecule has 23 heavy (non-hydrogen) atoms. The monoisotopic (exact) mass is 299 g/mol. The van der Waals surface area contributed by atoms with Crippen LogP contribution in [0.15, 0.2) is 72.9 Å². The van der Waals surface area contributed by atoms with Gasteiger partial charge in [-0.2, -0.15) is 4.39 Å². The van der Waals surface area contributed by atoms with E-state index in [0.29, 0.717) is 0 Å². The first-order chi connectivity index (χ1) is 11.3. The van der Waals surface area contributed by atoms with Gasteiger partial charge in [-0.3, -0.25) is 0 Å². The Kier molecular flexibility index (Phi) is 3.35. The van der Waals surface area contributed by atoms with E-state index in [2.05, 4.69) is 41.4 Å². The second-order valence-corrected chi connectivity index (χ2v) is 5.48. The number of rotatable bonds is 2. The summed E-state index contributed by atoms with van der Waals surface area (Å²) in [6.45, 7) is 0. The van der Waals surface area contributed by atoms with Crippen molar-refractivity contribution in [3.05, 3.63) is 90.0 Å². The zero-order chi connectivity index (χ0) is 15.6. The summed E-state index contributed by atoms with van der Waals surface area (Å²) in [5, 5.41) is 4.78. The lowest BCUT2D eigenvalue weighted by atomic mass is 9.96. The molecule has 0 fully saturated rings. The maximum absolute atomic E-state index is 13.3. The van der Waals surface area contributed by atoms with E-state index in [1.807, 2.05) is 30.3 Å². The third-order valence-corrected chi connectivity index (χ3v) is 4.01. The van der Waals surface area contributed by atoms with E-state index in [0.717, 1.165) is 11.1 Å². The summed E-state index contributed by atoms with van der Waals surface area (Å²) in [6, 6.07) is 22.1. The largest absolute Gasteiger partial charge is 0.228 e. The summed E-state index contributed by atoms with van der Waals surface area (Å²) < 4.78 is 13.3. The highest BCUT2D eigenvalue weighted by atomic mass is 19.1. The minimum atomic E-state index is -0.463. The van der Waals surface area contributed by atoms with Crippen molar-refractivity contribution in [2.24, 2.45) is 0 Å². The van der Waals surface area contributed by atoms with Crippen LogP contribution in [0.25, 0.3) is 33.7 Å². The van der Waals surface area contributed by atoms with E-state index >= 15 is 0 Å². The molecule has 0 spiro atoms. The minimum Gasteiger partial charge on any atom is -0.228 e. The van der Waals surface area contributed by atoms with Gasteiger partial charge in [0.25, 0.3) is 0 Å². The Morgan fingerprint density at radius 3 is 2.04 bits per heavy atom. The molecule has 1 nitrogen and oxygen atoms in total. The Morgan fingerprint density at radius 2 is 1.39 bits per heavy atom. The third kappa shape index (κ3) is 2.59. The second-order valence-electron chi connectivity index (χ2n) is 5.48. The number of nitrogens with zero attached hydrogens (tertiary/aromatic N) is 1. The lowest BCUT2D eigenvalue weighted by molar-refractivity contribution is 0.583. The number of aromatic nitrogens is 1. The maximum Gasteiger partial charge on any atom is 0.213 e. The van der Waals surface area contributed by atoms with Crippen LogP contribution in [-0.4, -0.2) is 4.98 Å². The molecule has 0 aliphatic rings. The van der Waals surface area contributed by atoms with Crippen LogP contribution in [0.4, 0.5) is 4.39 Å². The highest BCUT2D eigenvalue weighted by Crippen LogP contribution is 2.29. The summed E-state index contributed by atoms with van der Waals surface area (Å²) >= 11 is 0. The van der Waals surface area contributed by atoms with Gasteiger partial charge in [0, 0.05) is 12.3 Å². The van der Waals surface area contributed by atoms with Gasteiger partial charge < -0.3 is 0 Å². The molecule has 0 saturated carbocycles. The molecular weight excluding hydrogens is 285 g/mol. The zero-order valence-electron chi connectivity index (χ0n) is 12.4. The van der Waals surface area contributed by atoms with E-state index < -0.39 is 5.95 Å². The van der Waals surface area contributed by atoms with Gasteiger partial charge in [0.2, 0.25) is 5.95 Å². The summed E-state index contributed by atoms with van der Waals surface area (Å²) in [4.78, 5) is 3.59. The Balaban J connectivity index is 1.96. The van der Waals surface area contributed by atoms with E-state index in [-0.39, 0.29) is 0 Å². The van der Waals surface area contributed by atoms with E-state index in [1.54, 1.807) is 6.07 Å². The molecular formula is C21H14FN. The summed E-state index contributed by atoms with van der Waals surface area (Å²) in [5.74, 6) is -0.463. The van der Waals surface area contributed by atoms with Gasteiger partial charge in [-0.15, -0.1) is 0 Å². The van der Waals surface area contributed by atoms with Gasteiger partial charge in [-0.25, -0.2) is 4.98 Å². The molecule has 0 atom stereocenters. The van der Waals surface area contributed by atoms with Gasteiger partial charge in [-0.1, -0.05) is 60.7 Å². The van der Waals surface area contributed by atoms with E-state index in [4.69, 9.17) is 0 Å². The molecule has 0 radical (unpaired) electrons. The topological polar surface area (TPSA) is 12.9 Å². The van der Waals surface area contributed by atoms with Gasteiger partial charge in [0.05, 0.1) is 0 Å². The fourth-order valence-electron chi connectivity index (χ4n) is 2.93. The van der Waals surface area contributed by atoms with Crippen LogP contribution in [0, 0.1) is 5.95 Å². The number of pyridine rings is 1. The Morgan fingerprint density at radius 1 is 0.739 bits per heavy atom. The number of benzene rings is 3. The van der Waals surface area contributed by atoms with Crippen LogP contribution in [-0.2, 0) is 0 Å². The van der Waals surface area contributed by atoms with Crippen molar-refractivity contribution < 1.29 is 4.39 Å². The minimum absolute atomic E-state index is 0.463. The van der Waals surface area contributed by atoms with Crippen molar-refractivity contribution in [3.63, 3.8) is 0 Å². The van der Waals surface area contributed by atoms with Crippen LogP contribution in [0.3, 0.4) is 0 Å². The molecule has 110 valence electrons. The van der Waals surface area contributed by atoms with Gasteiger partial charge >= 0.3 is 0 Å². The second kappa shape index (κ2) is 5.65. The quantitative estimate of drug-likeness (QED) is 0.342. The molecule has 0 unspecified atom stereocenters. The van der Waals surface area contributed by atoms with Crippen molar-refractivity contribution in [2.45, 2.75) is 0 Å². The summed E-state index contributed by atoms with van der Waals surface area (Å²) in [7, 11) is 0. The predicted octanol–water partition coefficient (Wildman–Crippen LogP) is 5.70. The molecule has 0 saturated heterocycles. The van der Waals surface area contributed by atoms with Crippen LogP contribution >= 0.6 is 0 Å².